The van der Waals surface area contributed by atoms with E-state index in [-0.39, 0.29) is 0 Å². The molecule has 0 spiro atoms. The van der Waals surface area contributed by atoms with Gasteiger partial charge in [0.15, 0.2) is 0 Å². The van der Waals surface area contributed by atoms with Crippen molar-refractivity contribution in [3.05, 3.63) is 34.9 Å². The van der Waals surface area contributed by atoms with Crippen molar-refractivity contribution < 1.29 is 0 Å². The fraction of sp³-hybridized carbons (Fsp3) is 0.647. The van der Waals surface area contributed by atoms with Crippen molar-refractivity contribution in [3.8, 4) is 0 Å². The van der Waals surface area contributed by atoms with Crippen molar-refractivity contribution in [2.45, 2.75) is 71.1 Å². The molecule has 0 amide bonds. The average Bonchev–Trinajstić information content (AvgIpc) is 2.39. The minimum Gasteiger partial charge on any atom is -0.0843 e. The highest BCUT2D eigenvalue weighted by molar-refractivity contribution is 6.30. The molecule has 0 unspecified atom stereocenters. The maximum Gasteiger partial charge on any atom is 0.0406 e. The molecule has 1 rings (SSSR count). The van der Waals surface area contributed by atoms with E-state index in [2.05, 4.69) is 19.1 Å². The summed E-state index contributed by atoms with van der Waals surface area (Å²) in [6, 6.07) is 8.27. The fourth-order valence-corrected chi connectivity index (χ4v) is 2.42. The third kappa shape index (κ3) is 7.76. The summed E-state index contributed by atoms with van der Waals surface area (Å²) in [4.78, 5) is 0. The van der Waals surface area contributed by atoms with Crippen LogP contribution in [0, 0.1) is 0 Å². The molecule has 0 aliphatic rings. The van der Waals surface area contributed by atoms with Gasteiger partial charge in [-0.3, -0.25) is 0 Å². The Morgan fingerprint density at radius 2 is 1.22 bits per heavy atom. The first kappa shape index (κ1) is 15.6. The summed E-state index contributed by atoms with van der Waals surface area (Å²) < 4.78 is 0. The van der Waals surface area contributed by atoms with Gasteiger partial charge in [0.1, 0.15) is 0 Å². The molecule has 0 saturated carbocycles. The Labute approximate surface area is 118 Å². The zero-order chi connectivity index (χ0) is 13.1. The zero-order valence-corrected chi connectivity index (χ0v) is 12.5. The van der Waals surface area contributed by atoms with Crippen molar-refractivity contribution in [3.63, 3.8) is 0 Å². The highest BCUT2D eigenvalue weighted by Crippen LogP contribution is 2.14. The lowest BCUT2D eigenvalue weighted by Crippen LogP contribution is -1.86. The molecule has 0 nitrogen and oxygen atoms in total. The molecule has 1 heteroatoms. The number of benzene rings is 1. The zero-order valence-electron chi connectivity index (χ0n) is 11.8. The van der Waals surface area contributed by atoms with E-state index in [1.165, 1.54) is 69.8 Å². The monoisotopic (exact) mass is 266 g/mol. The topological polar surface area (TPSA) is 0 Å². The lowest BCUT2D eigenvalue weighted by atomic mass is 10.0. The van der Waals surface area contributed by atoms with Gasteiger partial charge in [-0.2, -0.15) is 0 Å². The van der Waals surface area contributed by atoms with Crippen LogP contribution in [0.4, 0.5) is 0 Å². The first-order valence-electron chi connectivity index (χ1n) is 7.57. The quantitative estimate of drug-likeness (QED) is 0.429. The second-order valence-electron chi connectivity index (χ2n) is 5.20. The van der Waals surface area contributed by atoms with E-state index in [0.717, 1.165) is 5.02 Å². The molecule has 0 aromatic heterocycles. The van der Waals surface area contributed by atoms with Crippen LogP contribution >= 0.6 is 11.6 Å². The second-order valence-corrected chi connectivity index (χ2v) is 5.64. The molecule has 0 saturated heterocycles. The van der Waals surface area contributed by atoms with Crippen LogP contribution in [0.3, 0.4) is 0 Å². The van der Waals surface area contributed by atoms with Crippen LogP contribution in [0.1, 0.15) is 70.3 Å². The molecule has 18 heavy (non-hydrogen) atoms. The van der Waals surface area contributed by atoms with Gasteiger partial charge < -0.3 is 0 Å². The van der Waals surface area contributed by atoms with E-state index in [4.69, 9.17) is 11.6 Å². The van der Waals surface area contributed by atoms with Crippen molar-refractivity contribution in [2.75, 3.05) is 0 Å². The van der Waals surface area contributed by atoms with Crippen LogP contribution in [0.15, 0.2) is 24.3 Å². The van der Waals surface area contributed by atoms with Gasteiger partial charge in [-0.1, -0.05) is 82.0 Å². The van der Waals surface area contributed by atoms with E-state index in [0.29, 0.717) is 0 Å². The molecule has 102 valence electrons. The molecule has 0 fully saturated rings. The van der Waals surface area contributed by atoms with Gasteiger partial charge in [0.25, 0.3) is 0 Å². The lowest BCUT2D eigenvalue weighted by Gasteiger charge is -2.03. The molecule has 1 aromatic rings. The molecule has 0 N–H and O–H groups in total. The summed E-state index contributed by atoms with van der Waals surface area (Å²) in [5, 5.41) is 0.839. The Morgan fingerprint density at radius 1 is 0.722 bits per heavy atom. The van der Waals surface area contributed by atoms with E-state index in [1.54, 1.807) is 0 Å². The van der Waals surface area contributed by atoms with Crippen LogP contribution in [0.2, 0.25) is 5.02 Å². The highest BCUT2D eigenvalue weighted by atomic mass is 35.5. The third-order valence-corrected chi connectivity index (χ3v) is 3.73. The summed E-state index contributed by atoms with van der Waals surface area (Å²) in [7, 11) is 0. The van der Waals surface area contributed by atoms with E-state index in [9.17, 15) is 0 Å². The Balaban J connectivity index is 1.91. The van der Waals surface area contributed by atoms with Crippen molar-refractivity contribution in [2.24, 2.45) is 0 Å². The Bertz CT molecular complexity index is 289. The molecule has 1 aromatic carbocycles. The number of hydrogen-bond acceptors (Lipinski definition) is 0. The maximum absolute atomic E-state index is 5.87. The Kier molecular flexibility index (Phi) is 9.02. The van der Waals surface area contributed by atoms with Gasteiger partial charge in [0.2, 0.25) is 0 Å². The SMILES string of the molecule is CCCCCCCCCCCc1ccc(Cl)cc1. The van der Waals surface area contributed by atoms with E-state index in [1.807, 2.05) is 12.1 Å². The van der Waals surface area contributed by atoms with Crippen molar-refractivity contribution in [1.82, 2.24) is 0 Å². The van der Waals surface area contributed by atoms with Crippen LogP contribution in [-0.4, -0.2) is 0 Å². The normalized spacial score (nSPS) is 10.8. The highest BCUT2D eigenvalue weighted by Gasteiger charge is 1.95. The summed E-state index contributed by atoms with van der Waals surface area (Å²) >= 11 is 5.87. The number of unbranched alkanes of at least 4 members (excludes halogenated alkanes) is 8. The van der Waals surface area contributed by atoms with Gasteiger partial charge in [0.05, 0.1) is 0 Å². The first-order chi connectivity index (χ1) is 8.83. The molecule has 0 aliphatic heterocycles. The van der Waals surface area contributed by atoms with Gasteiger partial charge in [0, 0.05) is 5.02 Å². The number of halogens is 1. The van der Waals surface area contributed by atoms with Gasteiger partial charge in [-0.05, 0) is 30.5 Å². The summed E-state index contributed by atoms with van der Waals surface area (Å²) in [6.45, 7) is 2.27. The van der Waals surface area contributed by atoms with Crippen molar-refractivity contribution >= 4 is 11.6 Å². The van der Waals surface area contributed by atoms with E-state index < -0.39 is 0 Å². The van der Waals surface area contributed by atoms with Crippen LogP contribution in [-0.2, 0) is 6.42 Å². The first-order valence-corrected chi connectivity index (χ1v) is 7.95. The molecule has 0 atom stereocenters. The summed E-state index contributed by atoms with van der Waals surface area (Å²) in [5.41, 5.74) is 1.42. The van der Waals surface area contributed by atoms with Crippen LogP contribution in [0.25, 0.3) is 0 Å². The summed E-state index contributed by atoms with van der Waals surface area (Å²) in [5.74, 6) is 0. The Morgan fingerprint density at radius 3 is 1.78 bits per heavy atom. The minimum atomic E-state index is 0.839. The van der Waals surface area contributed by atoms with Gasteiger partial charge in [-0.15, -0.1) is 0 Å². The number of rotatable bonds is 10. The van der Waals surface area contributed by atoms with Crippen LogP contribution < -0.4 is 0 Å². The Hall–Kier alpha value is -0.490. The average molecular weight is 267 g/mol. The third-order valence-electron chi connectivity index (χ3n) is 3.48. The number of hydrogen-bond donors (Lipinski definition) is 0. The predicted molar refractivity (Wildman–Crippen MR) is 82.4 cm³/mol. The van der Waals surface area contributed by atoms with E-state index >= 15 is 0 Å². The standard InChI is InChI=1S/C17H27Cl/c1-2-3-4-5-6-7-8-9-10-11-16-12-14-17(18)15-13-16/h12-15H,2-11H2,1H3. The minimum absolute atomic E-state index is 0.839. The second kappa shape index (κ2) is 10.4. The molecule has 0 radical (unpaired) electrons. The number of aryl methyl sites for hydroxylation is 1. The fourth-order valence-electron chi connectivity index (χ4n) is 2.29. The molecule has 0 aliphatic carbocycles. The smallest absolute Gasteiger partial charge is 0.0406 e. The molecule has 0 heterocycles. The molecular weight excluding hydrogens is 240 g/mol. The molecule has 0 bridgehead atoms. The summed E-state index contributed by atoms with van der Waals surface area (Å²) in [6.07, 6.45) is 13.8. The van der Waals surface area contributed by atoms with Gasteiger partial charge >= 0.3 is 0 Å². The largest absolute Gasteiger partial charge is 0.0843 e. The van der Waals surface area contributed by atoms with Crippen LogP contribution in [0.5, 0.6) is 0 Å². The maximum atomic E-state index is 5.87. The van der Waals surface area contributed by atoms with Gasteiger partial charge in [-0.25, -0.2) is 0 Å². The van der Waals surface area contributed by atoms with Crippen molar-refractivity contribution in [1.29, 1.82) is 0 Å². The molecular formula is C17H27Cl. The predicted octanol–water partition coefficient (Wildman–Crippen LogP) is 6.41. The lowest BCUT2D eigenvalue weighted by molar-refractivity contribution is 0.565.